The molecule has 1 fully saturated rings. The Morgan fingerprint density at radius 3 is 2.32 bits per heavy atom. The molecule has 1 saturated heterocycles. The molecule has 0 spiro atoms. The Morgan fingerprint density at radius 2 is 1.71 bits per heavy atom. The van der Waals surface area contributed by atoms with Crippen LogP contribution in [0.25, 0.3) is 0 Å². The van der Waals surface area contributed by atoms with Crippen molar-refractivity contribution in [2.45, 2.75) is 38.5 Å². The largest absolute Gasteiger partial charge is 0.326 e. The van der Waals surface area contributed by atoms with Crippen LogP contribution in [0.1, 0.15) is 30.9 Å². The average molecular weight is 464 g/mol. The minimum Gasteiger partial charge on any atom is -0.326 e. The van der Waals surface area contributed by atoms with Gasteiger partial charge in [0, 0.05) is 31.6 Å². The van der Waals surface area contributed by atoms with Gasteiger partial charge in [-0.05, 0) is 56.5 Å². The number of carbonyl (C=O) groups is 2. The molecule has 2 aromatic carbocycles. The van der Waals surface area contributed by atoms with Crippen molar-refractivity contribution in [3.8, 4) is 0 Å². The first kappa shape index (κ1) is 23.2. The number of amides is 2. The topological polar surface area (TPSA) is 95.6 Å². The molecule has 7 nitrogen and oxygen atoms in total. The van der Waals surface area contributed by atoms with E-state index in [1.165, 1.54) is 11.2 Å². The number of carbonyl (C=O) groups excluding carboxylic acids is 2. The van der Waals surface area contributed by atoms with Crippen molar-refractivity contribution in [3.05, 3.63) is 52.5 Å². The fourth-order valence-electron chi connectivity index (χ4n) is 3.72. The van der Waals surface area contributed by atoms with Gasteiger partial charge in [0.05, 0.1) is 15.6 Å². The lowest BCUT2D eigenvalue weighted by atomic mass is 9.97. The third kappa shape index (κ3) is 5.44. The number of nitrogens with zero attached hydrogens (tertiary/aromatic N) is 1. The summed E-state index contributed by atoms with van der Waals surface area (Å²) in [6, 6.07) is 10.1. The third-order valence-corrected chi connectivity index (χ3v) is 7.71. The molecule has 31 heavy (non-hydrogen) atoms. The molecule has 0 atom stereocenters. The summed E-state index contributed by atoms with van der Waals surface area (Å²) in [4.78, 5) is 24.3. The van der Waals surface area contributed by atoms with Gasteiger partial charge < -0.3 is 10.6 Å². The van der Waals surface area contributed by atoms with Gasteiger partial charge in [-0.3, -0.25) is 9.59 Å². The van der Waals surface area contributed by atoms with E-state index in [2.05, 4.69) is 10.6 Å². The van der Waals surface area contributed by atoms with Crippen molar-refractivity contribution in [3.63, 3.8) is 0 Å². The predicted molar refractivity (Wildman–Crippen MR) is 122 cm³/mol. The summed E-state index contributed by atoms with van der Waals surface area (Å²) in [5.41, 5.74) is 2.66. The molecule has 0 unspecified atom stereocenters. The number of hydrogen-bond donors (Lipinski definition) is 2. The molecule has 0 saturated carbocycles. The van der Waals surface area contributed by atoms with Crippen LogP contribution in [0, 0.1) is 19.8 Å². The lowest BCUT2D eigenvalue weighted by molar-refractivity contribution is -0.121. The van der Waals surface area contributed by atoms with Gasteiger partial charge >= 0.3 is 0 Å². The standard InChI is InChI=1S/C22H26ClN3O4S/c1-14-4-7-21(15(2)12-14)31(29,30)26-10-8-17(9-11-26)22(28)25-20-13-18(24-16(3)27)5-6-19(20)23/h4-7,12-13,17H,8-11H2,1-3H3,(H,24,27)(H,25,28). The van der Waals surface area contributed by atoms with Crippen LogP contribution >= 0.6 is 11.6 Å². The van der Waals surface area contributed by atoms with Crippen LogP contribution in [0.5, 0.6) is 0 Å². The molecule has 0 radical (unpaired) electrons. The van der Waals surface area contributed by atoms with Crippen molar-refractivity contribution in [1.29, 1.82) is 0 Å². The molecule has 1 heterocycles. The summed E-state index contributed by atoms with van der Waals surface area (Å²) in [5.74, 6) is -0.770. The molecular formula is C22H26ClN3O4S. The first-order chi connectivity index (χ1) is 14.6. The molecule has 3 rings (SSSR count). The molecule has 0 aromatic heterocycles. The third-order valence-electron chi connectivity index (χ3n) is 5.32. The number of nitrogens with one attached hydrogen (secondary N) is 2. The molecule has 2 aromatic rings. The second-order valence-electron chi connectivity index (χ2n) is 7.81. The van der Waals surface area contributed by atoms with Crippen molar-refractivity contribution in [2.24, 2.45) is 5.92 Å². The molecule has 1 aliphatic heterocycles. The highest BCUT2D eigenvalue weighted by Crippen LogP contribution is 2.29. The fraction of sp³-hybridized carbons (Fsp3) is 0.364. The molecule has 2 N–H and O–H groups in total. The maximum atomic E-state index is 13.0. The van der Waals surface area contributed by atoms with Crippen LogP contribution < -0.4 is 10.6 Å². The normalized spacial score (nSPS) is 15.5. The van der Waals surface area contributed by atoms with Crippen LogP contribution in [-0.4, -0.2) is 37.6 Å². The van der Waals surface area contributed by atoms with E-state index in [1.807, 2.05) is 13.0 Å². The van der Waals surface area contributed by atoms with Crippen LogP contribution in [0.2, 0.25) is 5.02 Å². The Bertz CT molecular complexity index is 1110. The van der Waals surface area contributed by atoms with Crippen molar-refractivity contribution >= 4 is 44.8 Å². The number of benzene rings is 2. The minimum atomic E-state index is -3.60. The van der Waals surface area contributed by atoms with E-state index in [4.69, 9.17) is 11.6 Å². The van der Waals surface area contributed by atoms with Gasteiger partial charge in [0.25, 0.3) is 0 Å². The molecular weight excluding hydrogens is 438 g/mol. The summed E-state index contributed by atoms with van der Waals surface area (Å²) in [6.07, 6.45) is 0.831. The van der Waals surface area contributed by atoms with E-state index in [0.717, 1.165) is 5.56 Å². The van der Waals surface area contributed by atoms with E-state index < -0.39 is 10.0 Å². The van der Waals surface area contributed by atoms with E-state index in [9.17, 15) is 18.0 Å². The number of aryl methyl sites for hydroxylation is 2. The quantitative estimate of drug-likeness (QED) is 0.701. The SMILES string of the molecule is CC(=O)Nc1ccc(Cl)c(NC(=O)C2CCN(S(=O)(=O)c3ccc(C)cc3C)CC2)c1. The van der Waals surface area contributed by atoms with Crippen molar-refractivity contribution in [1.82, 2.24) is 4.31 Å². The predicted octanol–water partition coefficient (Wildman–Crippen LogP) is 3.95. The van der Waals surface area contributed by atoms with E-state index >= 15 is 0 Å². The first-order valence-electron chi connectivity index (χ1n) is 10.0. The van der Waals surface area contributed by atoms with E-state index in [1.54, 1.807) is 37.3 Å². The van der Waals surface area contributed by atoms with Crippen molar-refractivity contribution in [2.75, 3.05) is 23.7 Å². The first-order valence-corrected chi connectivity index (χ1v) is 11.8. The smallest absolute Gasteiger partial charge is 0.243 e. The number of sulfonamides is 1. The van der Waals surface area contributed by atoms with Crippen LogP contribution in [0.3, 0.4) is 0 Å². The van der Waals surface area contributed by atoms with Gasteiger partial charge in [0.1, 0.15) is 0 Å². The van der Waals surface area contributed by atoms with E-state index in [-0.39, 0.29) is 30.8 Å². The van der Waals surface area contributed by atoms with Crippen LogP contribution in [0.4, 0.5) is 11.4 Å². The number of piperidine rings is 1. The molecule has 166 valence electrons. The second-order valence-corrected chi connectivity index (χ2v) is 10.1. The maximum Gasteiger partial charge on any atom is 0.243 e. The van der Waals surface area contributed by atoms with E-state index in [0.29, 0.717) is 39.7 Å². The van der Waals surface area contributed by atoms with Gasteiger partial charge in [-0.25, -0.2) is 8.42 Å². The summed E-state index contributed by atoms with van der Waals surface area (Å²) >= 11 is 6.18. The zero-order chi connectivity index (χ0) is 22.8. The van der Waals surface area contributed by atoms with Crippen molar-refractivity contribution < 1.29 is 18.0 Å². The monoisotopic (exact) mass is 463 g/mol. The molecule has 0 bridgehead atoms. The Balaban J connectivity index is 1.65. The Kier molecular flexibility index (Phi) is 7.03. The maximum absolute atomic E-state index is 13.0. The number of anilines is 2. The summed E-state index contributed by atoms with van der Waals surface area (Å²) in [5, 5.41) is 5.81. The second kappa shape index (κ2) is 9.38. The lowest BCUT2D eigenvalue weighted by Crippen LogP contribution is -2.41. The van der Waals surface area contributed by atoms with Gasteiger partial charge in [-0.2, -0.15) is 4.31 Å². The molecule has 1 aliphatic rings. The van der Waals surface area contributed by atoms with Crippen LogP contribution in [0.15, 0.2) is 41.3 Å². The fourth-order valence-corrected chi connectivity index (χ4v) is 5.56. The zero-order valence-corrected chi connectivity index (χ0v) is 19.3. The highest BCUT2D eigenvalue weighted by molar-refractivity contribution is 7.89. The summed E-state index contributed by atoms with van der Waals surface area (Å²) in [6.45, 7) is 5.65. The minimum absolute atomic E-state index is 0.217. The molecule has 0 aliphatic carbocycles. The number of hydrogen-bond acceptors (Lipinski definition) is 4. The highest BCUT2D eigenvalue weighted by Gasteiger charge is 2.33. The van der Waals surface area contributed by atoms with Gasteiger partial charge in [-0.1, -0.05) is 29.3 Å². The Labute approximate surface area is 187 Å². The summed E-state index contributed by atoms with van der Waals surface area (Å²) < 4.78 is 27.5. The number of rotatable bonds is 5. The number of halogens is 1. The molecule has 2 amide bonds. The van der Waals surface area contributed by atoms with Gasteiger partial charge in [-0.15, -0.1) is 0 Å². The van der Waals surface area contributed by atoms with Gasteiger partial charge in [0.15, 0.2) is 0 Å². The summed E-state index contributed by atoms with van der Waals surface area (Å²) in [7, 11) is -3.60. The Morgan fingerprint density at radius 1 is 1.03 bits per heavy atom. The highest BCUT2D eigenvalue weighted by atomic mass is 35.5. The Hall–Kier alpha value is -2.42. The van der Waals surface area contributed by atoms with Gasteiger partial charge in [0.2, 0.25) is 21.8 Å². The average Bonchev–Trinajstić information content (AvgIpc) is 2.70. The molecule has 9 heteroatoms. The lowest BCUT2D eigenvalue weighted by Gasteiger charge is -2.31. The zero-order valence-electron chi connectivity index (χ0n) is 17.7. The van der Waals surface area contributed by atoms with Crippen LogP contribution in [-0.2, 0) is 19.6 Å².